The van der Waals surface area contributed by atoms with E-state index in [1.807, 2.05) is 18.2 Å². The number of unbranched alkanes of at least 4 members (excludes halogenated alkanes) is 1. The Morgan fingerprint density at radius 1 is 0.781 bits per heavy atom. The molecule has 0 N–H and O–H groups in total. The van der Waals surface area contributed by atoms with E-state index in [4.69, 9.17) is 63.3 Å². The van der Waals surface area contributed by atoms with Gasteiger partial charge in [0, 0.05) is 11.6 Å². The molecular formula is C23H32Cl2N2O5. The third kappa shape index (κ3) is 10.6. The summed E-state index contributed by atoms with van der Waals surface area (Å²) in [4.78, 5) is 9.41. The minimum absolute atomic E-state index is 0.313. The second kappa shape index (κ2) is 16.4. The van der Waals surface area contributed by atoms with E-state index in [2.05, 4.69) is 5.92 Å². The lowest BCUT2D eigenvalue weighted by Crippen LogP contribution is -2.25. The van der Waals surface area contributed by atoms with Crippen molar-refractivity contribution in [3.05, 3.63) is 33.9 Å². The first kappa shape index (κ1) is 27.0. The number of benzene rings is 1. The molecule has 0 aromatic heterocycles. The summed E-state index contributed by atoms with van der Waals surface area (Å²) < 4.78 is 27.0. The molecule has 0 saturated carbocycles. The summed E-state index contributed by atoms with van der Waals surface area (Å²) in [6.45, 7) is 5.18. The number of ether oxygens (including phenoxy) is 5. The highest BCUT2D eigenvalue weighted by molar-refractivity contribution is 6.30. The van der Waals surface area contributed by atoms with E-state index < -0.39 is 5.66 Å². The average Bonchev–Trinajstić information content (AvgIpc) is 3.16. The third-order valence-electron chi connectivity index (χ3n) is 4.60. The highest BCUT2D eigenvalue weighted by Crippen LogP contribution is 2.23. The number of hydrogen-bond donors (Lipinski definition) is 0. The molecule has 1 aromatic rings. The Morgan fingerprint density at radius 2 is 1.34 bits per heavy atom. The molecular weight excluding hydrogens is 455 g/mol. The fourth-order valence-corrected chi connectivity index (χ4v) is 3.43. The number of terminal acetylenes is 1. The lowest BCUT2D eigenvalue weighted by atomic mass is 10.1. The quantitative estimate of drug-likeness (QED) is 0.170. The topological polar surface area (TPSA) is 70.9 Å². The van der Waals surface area contributed by atoms with Crippen molar-refractivity contribution >= 4 is 23.2 Å². The van der Waals surface area contributed by atoms with Crippen molar-refractivity contribution in [2.75, 3.05) is 71.9 Å². The summed E-state index contributed by atoms with van der Waals surface area (Å²) in [6.07, 6.45) is 7.69. The molecule has 9 heteroatoms. The molecule has 0 aliphatic carbocycles. The van der Waals surface area contributed by atoms with Crippen molar-refractivity contribution < 1.29 is 23.7 Å². The van der Waals surface area contributed by atoms with Gasteiger partial charge in [-0.15, -0.1) is 18.0 Å². The molecule has 1 aliphatic rings. The van der Waals surface area contributed by atoms with Gasteiger partial charge in [-0.25, -0.2) is 0 Å². The zero-order chi connectivity index (χ0) is 22.9. The van der Waals surface area contributed by atoms with Crippen LogP contribution in [0.15, 0.2) is 28.2 Å². The van der Waals surface area contributed by atoms with Crippen LogP contribution in [-0.4, -0.2) is 77.6 Å². The van der Waals surface area contributed by atoms with E-state index in [-0.39, 0.29) is 0 Å². The predicted molar refractivity (Wildman–Crippen MR) is 124 cm³/mol. The SMILES string of the molecule is C#CCOCCOCCOCCOCCOCCCCC1(CCl)N=c2ccc(Cl)cc2=N1. The van der Waals surface area contributed by atoms with Gasteiger partial charge in [0.2, 0.25) is 0 Å². The van der Waals surface area contributed by atoms with Crippen molar-refractivity contribution in [3.63, 3.8) is 0 Å². The lowest BCUT2D eigenvalue weighted by molar-refractivity contribution is -0.00939. The van der Waals surface area contributed by atoms with Gasteiger partial charge in [-0.1, -0.05) is 17.5 Å². The van der Waals surface area contributed by atoms with Gasteiger partial charge in [-0.2, -0.15) is 0 Å². The summed E-state index contributed by atoms with van der Waals surface area (Å²) in [5, 5.41) is 2.32. The zero-order valence-corrected chi connectivity index (χ0v) is 19.9. The summed E-state index contributed by atoms with van der Waals surface area (Å²) >= 11 is 12.2. The predicted octanol–water partition coefficient (Wildman–Crippen LogP) is 2.41. The number of halogens is 2. The van der Waals surface area contributed by atoms with Crippen molar-refractivity contribution in [1.29, 1.82) is 0 Å². The summed E-state index contributed by atoms with van der Waals surface area (Å²) in [5.41, 5.74) is -0.585. The Bertz CT molecular complexity index is 818. The summed E-state index contributed by atoms with van der Waals surface area (Å²) in [6, 6.07) is 5.54. The molecule has 1 heterocycles. The van der Waals surface area contributed by atoms with E-state index in [9.17, 15) is 0 Å². The van der Waals surface area contributed by atoms with Crippen LogP contribution in [-0.2, 0) is 23.7 Å². The maximum atomic E-state index is 6.18. The molecule has 0 bridgehead atoms. The normalized spacial score (nSPS) is 16.9. The third-order valence-corrected chi connectivity index (χ3v) is 5.26. The minimum atomic E-state index is -0.585. The highest BCUT2D eigenvalue weighted by atomic mass is 35.5. The van der Waals surface area contributed by atoms with Crippen LogP contribution in [0.2, 0.25) is 5.02 Å². The van der Waals surface area contributed by atoms with Gasteiger partial charge in [0.1, 0.15) is 6.61 Å². The number of rotatable bonds is 19. The number of alkyl halides is 1. The maximum absolute atomic E-state index is 6.18. The number of hydrogen-bond acceptors (Lipinski definition) is 7. The zero-order valence-electron chi connectivity index (χ0n) is 18.4. The van der Waals surface area contributed by atoms with Crippen molar-refractivity contribution in [3.8, 4) is 12.3 Å². The van der Waals surface area contributed by atoms with E-state index in [0.717, 1.165) is 30.0 Å². The lowest BCUT2D eigenvalue weighted by Gasteiger charge is -2.19. The Balaban J connectivity index is 1.39. The van der Waals surface area contributed by atoms with Gasteiger partial charge in [0.25, 0.3) is 0 Å². The molecule has 2 rings (SSSR count). The Morgan fingerprint density at radius 3 is 1.94 bits per heavy atom. The maximum Gasteiger partial charge on any atom is 0.165 e. The van der Waals surface area contributed by atoms with Crippen LogP contribution in [0, 0.1) is 12.3 Å². The van der Waals surface area contributed by atoms with Gasteiger partial charge < -0.3 is 23.7 Å². The molecule has 0 spiro atoms. The Kier molecular flexibility index (Phi) is 13.8. The first-order chi connectivity index (χ1) is 15.7. The fourth-order valence-electron chi connectivity index (χ4n) is 3.02. The second-order valence-electron chi connectivity index (χ2n) is 7.14. The van der Waals surface area contributed by atoms with Crippen LogP contribution in [0.1, 0.15) is 19.3 Å². The highest BCUT2D eigenvalue weighted by Gasteiger charge is 2.29. The van der Waals surface area contributed by atoms with E-state index in [1.165, 1.54) is 0 Å². The molecule has 0 fully saturated rings. The van der Waals surface area contributed by atoms with Gasteiger partial charge in [-0.05, 0) is 37.5 Å². The van der Waals surface area contributed by atoms with E-state index >= 15 is 0 Å². The van der Waals surface area contributed by atoms with Crippen LogP contribution in [0.3, 0.4) is 0 Å². The molecule has 0 radical (unpaired) electrons. The molecule has 178 valence electrons. The minimum Gasteiger partial charge on any atom is -0.379 e. The molecule has 32 heavy (non-hydrogen) atoms. The molecule has 7 nitrogen and oxygen atoms in total. The molecule has 1 atom stereocenters. The van der Waals surface area contributed by atoms with Crippen molar-refractivity contribution in [2.45, 2.75) is 24.9 Å². The second-order valence-corrected chi connectivity index (χ2v) is 7.84. The van der Waals surface area contributed by atoms with Crippen LogP contribution in [0.5, 0.6) is 0 Å². The van der Waals surface area contributed by atoms with Crippen molar-refractivity contribution in [1.82, 2.24) is 0 Å². The summed E-state index contributed by atoms with van der Waals surface area (Å²) in [5.74, 6) is 2.75. The van der Waals surface area contributed by atoms with Gasteiger partial charge in [0.15, 0.2) is 5.66 Å². The van der Waals surface area contributed by atoms with Gasteiger partial charge in [0.05, 0.1) is 69.4 Å². The monoisotopic (exact) mass is 486 g/mol. The number of fused-ring (bicyclic) bond motifs is 1. The van der Waals surface area contributed by atoms with Gasteiger partial charge in [-0.3, -0.25) is 9.98 Å². The molecule has 0 saturated heterocycles. The average molecular weight is 487 g/mol. The fraction of sp³-hybridized carbons (Fsp3) is 0.652. The van der Waals surface area contributed by atoms with Gasteiger partial charge >= 0.3 is 0 Å². The molecule has 1 unspecified atom stereocenters. The van der Waals surface area contributed by atoms with Crippen LogP contribution in [0.4, 0.5) is 0 Å². The van der Waals surface area contributed by atoms with Crippen LogP contribution in [0.25, 0.3) is 0 Å². The Labute approximate surface area is 200 Å². The molecule has 1 aromatic carbocycles. The Hall–Kier alpha value is -1.24. The van der Waals surface area contributed by atoms with E-state index in [1.54, 1.807) is 0 Å². The van der Waals surface area contributed by atoms with E-state index in [0.29, 0.717) is 77.0 Å². The van der Waals surface area contributed by atoms with Crippen LogP contribution < -0.4 is 10.7 Å². The molecule has 0 amide bonds. The van der Waals surface area contributed by atoms with Crippen molar-refractivity contribution in [2.24, 2.45) is 9.98 Å². The summed E-state index contributed by atoms with van der Waals surface area (Å²) in [7, 11) is 0. The largest absolute Gasteiger partial charge is 0.379 e. The standard InChI is InChI=1S/C23H32Cl2N2O5/c1-2-8-28-10-12-30-14-16-32-17-15-31-13-11-29-9-4-3-7-23(19-24)26-21-6-5-20(25)18-22(21)27-23/h1,5-6,18H,3-4,7-17,19H2. The first-order valence-electron chi connectivity index (χ1n) is 10.8. The smallest absolute Gasteiger partial charge is 0.165 e. The first-order valence-corrected chi connectivity index (χ1v) is 11.7. The number of nitrogens with zero attached hydrogens (tertiary/aromatic N) is 2. The molecule has 1 aliphatic heterocycles. The van der Waals surface area contributed by atoms with Crippen LogP contribution >= 0.6 is 23.2 Å².